The normalized spacial score (nSPS) is 12.1. The van der Waals surface area contributed by atoms with E-state index >= 15 is 0 Å². The molecular formula is C21H16F4N2O5S. The third-order valence-electron chi connectivity index (χ3n) is 4.10. The molecule has 0 aliphatic rings. The van der Waals surface area contributed by atoms with E-state index < -0.39 is 35.2 Å². The lowest BCUT2D eigenvalue weighted by molar-refractivity contribution is -0.274. The second-order valence-corrected chi connectivity index (χ2v) is 7.45. The fraction of sp³-hybridized carbons (Fsp3) is 0.0952. The largest absolute Gasteiger partial charge is 0.593 e. The van der Waals surface area contributed by atoms with Crippen LogP contribution in [0.15, 0.2) is 65.6 Å². The van der Waals surface area contributed by atoms with Gasteiger partial charge in [0.1, 0.15) is 17.3 Å². The summed E-state index contributed by atoms with van der Waals surface area (Å²) in [5.41, 5.74) is 0.0624. The Hall–Kier alpha value is -3.48. The number of benzene rings is 3. The van der Waals surface area contributed by atoms with Crippen molar-refractivity contribution in [2.75, 3.05) is 12.4 Å². The molecule has 3 rings (SSSR count). The number of nitrogens with one attached hydrogen (secondary N) is 1. The quantitative estimate of drug-likeness (QED) is 0.370. The van der Waals surface area contributed by atoms with Crippen molar-refractivity contribution in [3.63, 3.8) is 0 Å². The molecule has 0 saturated heterocycles. The molecule has 0 radical (unpaired) electrons. The lowest BCUT2D eigenvalue weighted by atomic mass is 10.1. The first-order chi connectivity index (χ1) is 15.6. The molecule has 0 aromatic heterocycles. The monoisotopic (exact) mass is 484 g/mol. The summed E-state index contributed by atoms with van der Waals surface area (Å²) in [6.45, 7) is 0. The summed E-state index contributed by atoms with van der Waals surface area (Å²) >= 11 is -1.79. The molecule has 0 spiro atoms. The van der Waals surface area contributed by atoms with Gasteiger partial charge in [-0.15, -0.1) is 18.3 Å². The van der Waals surface area contributed by atoms with Crippen molar-refractivity contribution in [2.45, 2.75) is 11.3 Å². The lowest BCUT2D eigenvalue weighted by Crippen LogP contribution is -2.18. The predicted octanol–water partition coefficient (Wildman–Crippen LogP) is 4.76. The van der Waals surface area contributed by atoms with Crippen molar-refractivity contribution in [3.8, 4) is 23.0 Å². The third-order valence-corrected chi connectivity index (χ3v) is 4.82. The smallest absolute Gasteiger partial charge is 0.573 e. The van der Waals surface area contributed by atoms with Crippen LogP contribution in [0.1, 0.15) is 10.4 Å². The Bertz CT molecular complexity index is 1160. The van der Waals surface area contributed by atoms with Crippen LogP contribution in [0.3, 0.4) is 0 Å². The minimum atomic E-state index is -4.98. The van der Waals surface area contributed by atoms with Gasteiger partial charge in [-0.05, 0) is 36.4 Å². The highest BCUT2D eigenvalue weighted by atomic mass is 32.2. The van der Waals surface area contributed by atoms with Gasteiger partial charge in [-0.1, -0.05) is 6.07 Å². The number of carbonyl (C=O) groups excluding carboxylic acids is 1. The zero-order chi connectivity index (χ0) is 24.2. The summed E-state index contributed by atoms with van der Waals surface area (Å²) in [7, 11) is 1.24. The van der Waals surface area contributed by atoms with E-state index in [9.17, 15) is 26.9 Å². The summed E-state index contributed by atoms with van der Waals surface area (Å²) in [6.07, 6.45) is -4.98. The van der Waals surface area contributed by atoms with Crippen LogP contribution in [0.5, 0.6) is 23.0 Å². The van der Waals surface area contributed by atoms with Gasteiger partial charge < -0.3 is 24.1 Å². The summed E-state index contributed by atoms with van der Waals surface area (Å²) in [5, 5.41) is 7.86. The molecule has 0 bridgehead atoms. The van der Waals surface area contributed by atoms with Gasteiger partial charge >= 0.3 is 6.36 Å². The second-order valence-electron chi connectivity index (χ2n) is 6.38. The van der Waals surface area contributed by atoms with Gasteiger partial charge in [0.2, 0.25) is 0 Å². The predicted molar refractivity (Wildman–Crippen MR) is 111 cm³/mol. The van der Waals surface area contributed by atoms with Crippen LogP contribution in [0, 0.1) is 5.82 Å². The van der Waals surface area contributed by atoms with Gasteiger partial charge in [0, 0.05) is 23.9 Å². The molecule has 174 valence electrons. The van der Waals surface area contributed by atoms with Gasteiger partial charge in [-0.3, -0.25) is 4.79 Å². The van der Waals surface area contributed by atoms with E-state index in [1.165, 1.54) is 37.4 Å². The van der Waals surface area contributed by atoms with Crippen LogP contribution in [0.4, 0.5) is 23.2 Å². The molecule has 3 aromatic rings. The van der Waals surface area contributed by atoms with Crippen molar-refractivity contribution >= 4 is 23.0 Å². The zero-order valence-corrected chi connectivity index (χ0v) is 17.6. The van der Waals surface area contributed by atoms with Gasteiger partial charge in [0.05, 0.1) is 24.0 Å². The topological polar surface area (TPSA) is 106 Å². The van der Waals surface area contributed by atoms with Crippen LogP contribution in [0.25, 0.3) is 0 Å². The number of nitrogens with two attached hydrogens (primary N) is 1. The standard InChI is InChI=1S/C21H16F4N2O5S/c1-30-19-9-12(22)5-8-17(19)31-18-11-14(32-21(23,24)25)6-7-16(18)20(28)27-13-3-2-4-15(10-13)33(26)29/h2-11H,26H2,1H3,(H,27,28). The number of halogens is 4. The number of ether oxygens (including phenoxy) is 3. The number of hydrogen-bond donors (Lipinski definition) is 2. The Balaban J connectivity index is 1.98. The molecule has 0 aliphatic heterocycles. The third kappa shape index (κ3) is 6.51. The number of amides is 1. The van der Waals surface area contributed by atoms with Crippen LogP contribution in [0.2, 0.25) is 0 Å². The highest BCUT2D eigenvalue weighted by molar-refractivity contribution is 7.89. The second kappa shape index (κ2) is 9.98. The molecule has 0 saturated carbocycles. The number of carbonyl (C=O) groups is 1. The van der Waals surface area contributed by atoms with E-state index in [4.69, 9.17) is 14.6 Å². The fourth-order valence-electron chi connectivity index (χ4n) is 2.71. The minimum Gasteiger partial charge on any atom is -0.593 e. The van der Waals surface area contributed by atoms with Crippen LogP contribution < -0.4 is 24.7 Å². The maximum absolute atomic E-state index is 13.5. The number of hydrogen-bond acceptors (Lipinski definition) is 6. The Morgan fingerprint density at radius 3 is 2.45 bits per heavy atom. The van der Waals surface area contributed by atoms with Crippen molar-refractivity contribution in [2.24, 2.45) is 5.14 Å². The Morgan fingerprint density at radius 1 is 1.03 bits per heavy atom. The average Bonchev–Trinajstić information content (AvgIpc) is 2.74. The van der Waals surface area contributed by atoms with E-state index in [1.807, 2.05) is 0 Å². The molecule has 1 unspecified atom stereocenters. The van der Waals surface area contributed by atoms with Crippen LogP contribution in [-0.2, 0) is 11.4 Å². The van der Waals surface area contributed by atoms with Gasteiger partial charge in [0.25, 0.3) is 5.91 Å². The number of rotatable bonds is 7. The molecular weight excluding hydrogens is 468 g/mol. The molecule has 0 heterocycles. The molecule has 0 fully saturated rings. The molecule has 0 aliphatic carbocycles. The van der Waals surface area contributed by atoms with Gasteiger partial charge in [-0.2, -0.15) is 0 Å². The SMILES string of the molecule is COc1cc(F)ccc1Oc1cc(OC(F)(F)F)ccc1C(=O)Nc1cccc([S+](N)[O-])c1. The lowest BCUT2D eigenvalue weighted by Gasteiger charge is -2.16. The maximum Gasteiger partial charge on any atom is 0.573 e. The van der Waals surface area contributed by atoms with Crippen molar-refractivity contribution < 1.29 is 41.1 Å². The number of alkyl halides is 3. The summed E-state index contributed by atoms with van der Waals surface area (Å²) in [6, 6.07) is 12.0. The molecule has 12 heteroatoms. The van der Waals surface area contributed by atoms with Crippen molar-refractivity contribution in [3.05, 3.63) is 72.0 Å². The molecule has 3 N–H and O–H groups in total. The van der Waals surface area contributed by atoms with E-state index in [2.05, 4.69) is 10.1 Å². The summed E-state index contributed by atoms with van der Waals surface area (Å²) in [4.78, 5) is 13.1. The average molecular weight is 484 g/mol. The number of anilines is 1. The van der Waals surface area contributed by atoms with Crippen molar-refractivity contribution in [1.82, 2.24) is 0 Å². The molecule has 7 nitrogen and oxygen atoms in total. The highest BCUT2D eigenvalue weighted by Crippen LogP contribution is 2.36. The zero-order valence-electron chi connectivity index (χ0n) is 16.8. The fourth-order valence-corrected chi connectivity index (χ4v) is 3.17. The van der Waals surface area contributed by atoms with Gasteiger partial charge in [0.15, 0.2) is 16.4 Å². The summed E-state index contributed by atoms with van der Waals surface area (Å²) < 4.78 is 77.5. The first kappa shape index (κ1) is 24.2. The first-order valence-electron chi connectivity index (χ1n) is 9.04. The van der Waals surface area contributed by atoms with E-state index in [-0.39, 0.29) is 33.4 Å². The Kier molecular flexibility index (Phi) is 7.31. The van der Waals surface area contributed by atoms with Crippen LogP contribution >= 0.6 is 0 Å². The number of methoxy groups -OCH3 is 1. The Labute approximate surface area is 188 Å². The minimum absolute atomic E-state index is 0.0540. The van der Waals surface area contributed by atoms with E-state index in [0.717, 1.165) is 30.3 Å². The molecule has 1 atom stereocenters. The van der Waals surface area contributed by atoms with Crippen LogP contribution in [-0.4, -0.2) is 23.9 Å². The molecule has 33 heavy (non-hydrogen) atoms. The summed E-state index contributed by atoms with van der Waals surface area (Å²) in [5.74, 6) is -2.47. The van der Waals surface area contributed by atoms with E-state index in [0.29, 0.717) is 0 Å². The molecule has 3 aromatic carbocycles. The van der Waals surface area contributed by atoms with Crippen molar-refractivity contribution in [1.29, 1.82) is 0 Å². The Morgan fingerprint density at radius 2 is 1.79 bits per heavy atom. The highest BCUT2D eigenvalue weighted by Gasteiger charge is 2.31. The maximum atomic E-state index is 13.5. The molecule has 1 amide bonds. The van der Waals surface area contributed by atoms with E-state index in [1.54, 1.807) is 0 Å². The van der Waals surface area contributed by atoms with Gasteiger partial charge in [-0.25, -0.2) is 4.39 Å². The first-order valence-corrected chi connectivity index (χ1v) is 10.3.